The minimum absolute atomic E-state index is 0.623. The lowest BCUT2D eigenvalue weighted by atomic mass is 9.82. The van der Waals surface area contributed by atoms with E-state index in [-0.39, 0.29) is 0 Å². The summed E-state index contributed by atoms with van der Waals surface area (Å²) in [4.78, 5) is 0. The van der Waals surface area contributed by atoms with Crippen molar-refractivity contribution in [1.29, 1.82) is 0 Å². The van der Waals surface area contributed by atoms with E-state index in [1.165, 1.54) is 113 Å². The van der Waals surface area contributed by atoms with Gasteiger partial charge in [-0.2, -0.15) is 0 Å². The molecule has 0 bridgehead atoms. The molecule has 0 spiro atoms. The quantitative estimate of drug-likeness (QED) is 0.113. The predicted molar refractivity (Wildman–Crippen MR) is 245 cm³/mol. The molecule has 0 aliphatic heterocycles. The number of benzene rings is 8. The zero-order valence-corrected chi connectivity index (χ0v) is 33.1. The third kappa shape index (κ3) is 5.37. The molecule has 0 radical (unpaired) electrons. The number of hydrogen-bond donors (Lipinski definition) is 0. The van der Waals surface area contributed by atoms with E-state index in [0.29, 0.717) is 5.92 Å². The highest BCUT2D eigenvalue weighted by molar-refractivity contribution is 7.19. The van der Waals surface area contributed by atoms with Gasteiger partial charge < -0.3 is 9.13 Å². The van der Waals surface area contributed by atoms with Gasteiger partial charge in [-0.15, -0.1) is 0 Å². The van der Waals surface area contributed by atoms with Crippen LogP contribution >= 0.6 is 0 Å². The second-order valence-electron chi connectivity index (χ2n) is 15.9. The van der Waals surface area contributed by atoms with Gasteiger partial charge in [0.05, 0.1) is 22.1 Å². The topological polar surface area (TPSA) is 9.86 Å². The summed E-state index contributed by atoms with van der Waals surface area (Å²) < 4.78 is 5.03. The first-order chi connectivity index (χ1) is 28.3. The van der Waals surface area contributed by atoms with Crippen LogP contribution in [0.1, 0.15) is 43.6 Å². The summed E-state index contributed by atoms with van der Waals surface area (Å²) in [5, 5.41) is 10.8. The van der Waals surface area contributed by atoms with E-state index >= 15 is 0 Å². The van der Waals surface area contributed by atoms with Gasteiger partial charge in [0.1, 0.15) is 0 Å². The van der Waals surface area contributed by atoms with Gasteiger partial charge in [-0.1, -0.05) is 177 Å². The Hall–Kier alpha value is -6.42. The lowest BCUT2D eigenvalue weighted by molar-refractivity contribution is 0.445. The maximum absolute atomic E-state index is 2.73. The number of fused-ring (bicyclic) bond motifs is 6. The third-order valence-electron chi connectivity index (χ3n) is 12.8. The summed E-state index contributed by atoms with van der Waals surface area (Å²) in [7, 11) is -2.73. The molecule has 2 heterocycles. The molecule has 2 nitrogen and oxygen atoms in total. The number of rotatable bonds is 7. The number of hydrogen-bond acceptors (Lipinski definition) is 0. The first-order valence-electron chi connectivity index (χ1n) is 20.6. The maximum Gasteiger partial charge on any atom is 0.179 e. The van der Waals surface area contributed by atoms with Crippen LogP contribution in [0.3, 0.4) is 0 Å². The largest absolute Gasteiger partial charge is 0.309 e. The minimum atomic E-state index is -2.73. The van der Waals surface area contributed by atoms with Crippen LogP contribution in [0.5, 0.6) is 0 Å². The lowest BCUT2D eigenvalue weighted by Crippen LogP contribution is -2.74. The Bertz CT molecular complexity index is 2950. The van der Waals surface area contributed by atoms with Crippen LogP contribution in [0.25, 0.3) is 55.0 Å². The molecule has 3 heteroatoms. The molecule has 2 aromatic heterocycles. The van der Waals surface area contributed by atoms with Crippen LogP contribution in [0.2, 0.25) is 0 Å². The van der Waals surface area contributed by atoms with Crippen LogP contribution in [0.15, 0.2) is 200 Å². The van der Waals surface area contributed by atoms with Crippen LogP contribution in [0.4, 0.5) is 0 Å². The van der Waals surface area contributed by atoms with Crippen LogP contribution in [-0.4, -0.2) is 17.2 Å². The minimum Gasteiger partial charge on any atom is -0.309 e. The second kappa shape index (κ2) is 13.9. The summed E-state index contributed by atoms with van der Waals surface area (Å²) in [5.41, 5.74) is 8.89. The van der Waals surface area contributed by atoms with Gasteiger partial charge in [0.2, 0.25) is 0 Å². The summed E-state index contributed by atoms with van der Waals surface area (Å²) in [6.07, 6.45) is 6.58. The van der Waals surface area contributed by atoms with Gasteiger partial charge in [-0.3, -0.25) is 0 Å². The summed E-state index contributed by atoms with van der Waals surface area (Å²) >= 11 is 0. The van der Waals surface area contributed by atoms with Gasteiger partial charge in [0.25, 0.3) is 0 Å². The van der Waals surface area contributed by atoms with Crippen molar-refractivity contribution in [2.24, 2.45) is 0 Å². The van der Waals surface area contributed by atoms with E-state index in [1.807, 2.05) is 0 Å². The number of nitrogens with zero attached hydrogens (tertiary/aromatic N) is 2. The fourth-order valence-corrected chi connectivity index (χ4v) is 15.2. The Labute approximate surface area is 335 Å². The Kier molecular flexibility index (Phi) is 8.29. The fraction of sp³-hybridized carbons (Fsp3) is 0.111. The van der Waals surface area contributed by atoms with Crippen molar-refractivity contribution in [2.75, 3.05) is 0 Å². The molecule has 274 valence electrons. The predicted octanol–water partition coefficient (Wildman–Crippen LogP) is 11.3. The van der Waals surface area contributed by atoms with Crippen molar-refractivity contribution in [3.05, 3.63) is 206 Å². The Morgan fingerprint density at radius 3 is 1.51 bits per heavy atom. The number of para-hydroxylation sites is 2. The standard InChI is InChI=1S/C54H44N2Si/c1-5-19-39(20-6-1)46-31-18-34-52-54(46)49-30-14-16-33-51(49)55(52)41-35-36-48-47-29-13-15-32-50(47)56(53(48)38-41)40-21-17-28-45(37-40)57(42-22-7-2-8-23-42,43-24-9-3-10-25-43)44-26-11-4-12-27-44/h2-4,7-18,21-39H,1,5-6,19-20H2. The SMILES string of the molecule is c1ccc([Si](c2ccccc2)(c2ccccc2)c2cccc(-n3c4ccccc4c4ccc(-n5c6ccccc6c6c(C7CCCCC7)cccc65)cc43)c2)cc1. The van der Waals surface area contributed by atoms with E-state index in [4.69, 9.17) is 0 Å². The third-order valence-corrected chi connectivity index (χ3v) is 17.6. The highest BCUT2D eigenvalue weighted by Gasteiger charge is 2.41. The first-order valence-corrected chi connectivity index (χ1v) is 22.6. The van der Waals surface area contributed by atoms with E-state index in [1.54, 1.807) is 0 Å². The molecule has 57 heavy (non-hydrogen) atoms. The van der Waals surface area contributed by atoms with Crippen LogP contribution in [0, 0.1) is 0 Å². The molecular weight excluding hydrogens is 705 g/mol. The number of aromatic nitrogens is 2. The van der Waals surface area contributed by atoms with Crippen molar-refractivity contribution >= 4 is 72.4 Å². The van der Waals surface area contributed by atoms with Gasteiger partial charge in [0, 0.05) is 32.9 Å². The van der Waals surface area contributed by atoms with Crippen LogP contribution < -0.4 is 20.7 Å². The summed E-state index contributed by atoms with van der Waals surface area (Å²) in [5.74, 6) is 0.623. The Morgan fingerprint density at radius 1 is 0.351 bits per heavy atom. The van der Waals surface area contributed by atoms with E-state index in [2.05, 4.69) is 209 Å². The molecule has 8 aromatic carbocycles. The van der Waals surface area contributed by atoms with Crippen molar-refractivity contribution in [3.8, 4) is 11.4 Å². The van der Waals surface area contributed by atoms with Crippen molar-refractivity contribution in [3.63, 3.8) is 0 Å². The van der Waals surface area contributed by atoms with E-state index in [9.17, 15) is 0 Å². The average molecular weight is 749 g/mol. The van der Waals surface area contributed by atoms with Gasteiger partial charge in [-0.05, 0) is 87.5 Å². The van der Waals surface area contributed by atoms with Crippen molar-refractivity contribution in [1.82, 2.24) is 9.13 Å². The smallest absolute Gasteiger partial charge is 0.179 e. The van der Waals surface area contributed by atoms with Gasteiger partial charge in [-0.25, -0.2) is 0 Å². The highest BCUT2D eigenvalue weighted by atomic mass is 28.3. The average Bonchev–Trinajstić information content (AvgIpc) is 3.81. The van der Waals surface area contributed by atoms with E-state index < -0.39 is 8.07 Å². The van der Waals surface area contributed by atoms with Crippen molar-refractivity contribution < 1.29 is 0 Å². The molecule has 10 aromatic rings. The fourth-order valence-electron chi connectivity index (χ4n) is 10.4. The molecule has 11 rings (SSSR count). The Morgan fingerprint density at radius 2 is 0.842 bits per heavy atom. The Balaban J connectivity index is 1.17. The lowest BCUT2D eigenvalue weighted by Gasteiger charge is -2.34. The molecule has 1 saturated carbocycles. The monoisotopic (exact) mass is 748 g/mol. The second-order valence-corrected chi connectivity index (χ2v) is 19.7. The summed E-state index contributed by atoms with van der Waals surface area (Å²) in [6.45, 7) is 0. The first kappa shape index (κ1) is 33.9. The normalized spacial score (nSPS) is 13.9. The summed E-state index contributed by atoms with van der Waals surface area (Å²) in [6, 6.07) is 75.3. The molecular formula is C54H44N2Si. The highest BCUT2D eigenvalue weighted by Crippen LogP contribution is 2.42. The van der Waals surface area contributed by atoms with Gasteiger partial charge >= 0.3 is 0 Å². The van der Waals surface area contributed by atoms with Gasteiger partial charge in [0.15, 0.2) is 8.07 Å². The molecule has 0 unspecified atom stereocenters. The molecule has 1 aliphatic carbocycles. The molecule has 0 N–H and O–H groups in total. The molecule has 0 amide bonds. The van der Waals surface area contributed by atoms with Crippen molar-refractivity contribution in [2.45, 2.75) is 38.0 Å². The molecule has 0 saturated heterocycles. The van der Waals surface area contributed by atoms with E-state index in [0.717, 1.165) is 0 Å². The zero-order valence-electron chi connectivity index (χ0n) is 32.1. The maximum atomic E-state index is 2.52. The molecule has 1 aliphatic rings. The zero-order chi connectivity index (χ0) is 37.8. The molecule has 0 atom stereocenters. The van der Waals surface area contributed by atoms with Crippen LogP contribution in [-0.2, 0) is 0 Å². The molecule has 1 fully saturated rings.